The maximum Gasteiger partial charge on any atom is -0.00205 e. The smallest absolute Gasteiger partial charge is 0.00205 e. The van der Waals surface area contributed by atoms with Crippen molar-refractivity contribution in [1.29, 1.82) is 0 Å². The molecule has 1 atom stereocenters. The van der Waals surface area contributed by atoms with Crippen molar-refractivity contribution in [3.8, 4) is 0 Å². The highest BCUT2D eigenvalue weighted by Crippen LogP contribution is 2.17. The number of nitrogens with one attached hydrogen (secondary N) is 1. The molecule has 0 aromatic rings. The third-order valence-electron chi connectivity index (χ3n) is 2.61. The van der Waals surface area contributed by atoms with Gasteiger partial charge in [-0.15, -0.1) is 0 Å². The van der Waals surface area contributed by atoms with Gasteiger partial charge in [-0.05, 0) is 56.7 Å². The van der Waals surface area contributed by atoms with Gasteiger partial charge in [-0.25, -0.2) is 0 Å². The molecule has 1 heterocycles. The van der Waals surface area contributed by atoms with Crippen LogP contribution in [0.2, 0.25) is 0 Å². The summed E-state index contributed by atoms with van der Waals surface area (Å²) in [5, 5.41) is 3.52. The van der Waals surface area contributed by atoms with Gasteiger partial charge in [0.25, 0.3) is 0 Å². The predicted molar refractivity (Wildman–Crippen MR) is 57.8 cm³/mol. The third kappa shape index (κ3) is 4.36. The van der Waals surface area contributed by atoms with Gasteiger partial charge in [0.05, 0.1) is 0 Å². The van der Waals surface area contributed by atoms with E-state index in [9.17, 15) is 0 Å². The first-order valence-electron chi connectivity index (χ1n) is 5.13. The Bertz CT molecular complexity index is 98.0. The maximum atomic E-state index is 3.52. The lowest BCUT2D eigenvalue weighted by Crippen LogP contribution is -2.20. The molecule has 0 saturated carbocycles. The van der Waals surface area contributed by atoms with Gasteiger partial charge in [-0.1, -0.05) is 6.42 Å². The first-order chi connectivity index (χ1) is 5.93. The Kier molecular flexibility index (Phi) is 5.88. The number of thioether (sulfide) groups is 1. The molecule has 0 aromatic carbocycles. The minimum atomic E-state index is 0.972. The molecule has 1 rings (SSSR count). The van der Waals surface area contributed by atoms with Crippen molar-refractivity contribution >= 4 is 11.8 Å². The average Bonchev–Trinajstić information content (AvgIpc) is 2.33. The van der Waals surface area contributed by atoms with E-state index in [1.165, 1.54) is 50.9 Å². The van der Waals surface area contributed by atoms with Crippen LogP contribution in [0.1, 0.15) is 32.1 Å². The van der Waals surface area contributed by atoms with E-state index in [4.69, 9.17) is 0 Å². The average molecular weight is 187 g/mol. The Morgan fingerprint density at radius 2 is 2.33 bits per heavy atom. The van der Waals surface area contributed by atoms with Gasteiger partial charge in [0.1, 0.15) is 0 Å². The van der Waals surface area contributed by atoms with E-state index in [2.05, 4.69) is 11.6 Å². The number of rotatable bonds is 4. The van der Waals surface area contributed by atoms with Crippen LogP contribution in [0.5, 0.6) is 0 Å². The van der Waals surface area contributed by atoms with Crippen molar-refractivity contribution in [3.05, 3.63) is 0 Å². The molecular formula is C10H21NS. The summed E-state index contributed by atoms with van der Waals surface area (Å²) in [5.74, 6) is 2.32. The number of hydrogen-bond donors (Lipinski definition) is 1. The summed E-state index contributed by atoms with van der Waals surface area (Å²) < 4.78 is 0. The second kappa shape index (κ2) is 6.79. The molecule has 12 heavy (non-hydrogen) atoms. The van der Waals surface area contributed by atoms with Crippen molar-refractivity contribution in [2.45, 2.75) is 32.1 Å². The van der Waals surface area contributed by atoms with Gasteiger partial charge in [-0.2, -0.15) is 11.8 Å². The van der Waals surface area contributed by atoms with Gasteiger partial charge in [0.15, 0.2) is 0 Å². The second-order valence-electron chi connectivity index (χ2n) is 3.70. The van der Waals surface area contributed by atoms with Gasteiger partial charge in [0.2, 0.25) is 0 Å². The first kappa shape index (κ1) is 10.4. The molecule has 1 unspecified atom stereocenters. The van der Waals surface area contributed by atoms with E-state index < -0.39 is 0 Å². The molecule has 0 spiro atoms. The zero-order valence-corrected chi connectivity index (χ0v) is 8.96. The Labute approximate surface area is 80.7 Å². The molecule has 1 N–H and O–H groups in total. The van der Waals surface area contributed by atoms with Crippen LogP contribution in [0, 0.1) is 5.92 Å². The summed E-state index contributed by atoms with van der Waals surface area (Å²) in [6, 6.07) is 0. The van der Waals surface area contributed by atoms with Crippen LogP contribution < -0.4 is 5.32 Å². The van der Waals surface area contributed by atoms with E-state index in [0.29, 0.717) is 0 Å². The van der Waals surface area contributed by atoms with Gasteiger partial charge >= 0.3 is 0 Å². The van der Waals surface area contributed by atoms with E-state index in [1.54, 1.807) is 0 Å². The molecule has 1 aliphatic rings. The third-order valence-corrected chi connectivity index (χ3v) is 3.31. The quantitative estimate of drug-likeness (QED) is 0.679. The summed E-state index contributed by atoms with van der Waals surface area (Å²) in [6.45, 7) is 2.52. The minimum absolute atomic E-state index is 0.972. The number of hydrogen-bond acceptors (Lipinski definition) is 2. The molecule has 1 fully saturated rings. The molecule has 0 aliphatic carbocycles. The summed E-state index contributed by atoms with van der Waals surface area (Å²) >= 11 is 1.98. The highest BCUT2D eigenvalue weighted by atomic mass is 32.2. The highest BCUT2D eigenvalue weighted by molar-refractivity contribution is 7.98. The van der Waals surface area contributed by atoms with Crippen molar-refractivity contribution in [2.75, 3.05) is 25.1 Å². The van der Waals surface area contributed by atoms with Gasteiger partial charge in [0, 0.05) is 0 Å². The Morgan fingerprint density at radius 3 is 3.17 bits per heavy atom. The van der Waals surface area contributed by atoms with Crippen LogP contribution >= 0.6 is 11.8 Å². The summed E-state index contributed by atoms with van der Waals surface area (Å²) in [4.78, 5) is 0. The first-order valence-corrected chi connectivity index (χ1v) is 6.52. The SMILES string of the molecule is CSCCCC1CCCCNC1. The van der Waals surface area contributed by atoms with E-state index >= 15 is 0 Å². The van der Waals surface area contributed by atoms with Crippen LogP contribution in [-0.2, 0) is 0 Å². The van der Waals surface area contributed by atoms with Crippen LogP contribution in [0.15, 0.2) is 0 Å². The molecule has 0 radical (unpaired) electrons. The summed E-state index contributed by atoms with van der Waals surface area (Å²) in [6.07, 6.45) is 9.34. The van der Waals surface area contributed by atoms with Crippen LogP contribution in [0.4, 0.5) is 0 Å². The van der Waals surface area contributed by atoms with E-state index in [-0.39, 0.29) is 0 Å². The normalized spacial score (nSPS) is 25.2. The van der Waals surface area contributed by atoms with Crippen molar-refractivity contribution in [2.24, 2.45) is 5.92 Å². The standard InChI is InChI=1S/C10H21NS/c1-12-8-4-6-10-5-2-3-7-11-9-10/h10-11H,2-9H2,1H3. The van der Waals surface area contributed by atoms with Crippen LogP contribution in [0.3, 0.4) is 0 Å². The molecule has 1 nitrogen and oxygen atoms in total. The lowest BCUT2D eigenvalue weighted by atomic mass is 9.98. The topological polar surface area (TPSA) is 12.0 Å². The predicted octanol–water partition coefficient (Wildman–Crippen LogP) is 2.52. The van der Waals surface area contributed by atoms with Crippen LogP contribution in [0.25, 0.3) is 0 Å². The van der Waals surface area contributed by atoms with E-state index in [0.717, 1.165) is 5.92 Å². The fourth-order valence-corrected chi connectivity index (χ4v) is 2.31. The lowest BCUT2D eigenvalue weighted by Gasteiger charge is -2.12. The molecule has 0 aromatic heterocycles. The highest BCUT2D eigenvalue weighted by Gasteiger charge is 2.10. The molecular weight excluding hydrogens is 166 g/mol. The van der Waals surface area contributed by atoms with Crippen LogP contribution in [-0.4, -0.2) is 25.1 Å². The maximum absolute atomic E-state index is 3.52. The Hall–Kier alpha value is 0.310. The molecule has 72 valence electrons. The van der Waals surface area contributed by atoms with Gasteiger partial charge in [-0.3, -0.25) is 0 Å². The van der Waals surface area contributed by atoms with Crippen molar-refractivity contribution in [1.82, 2.24) is 5.32 Å². The molecule has 0 amide bonds. The van der Waals surface area contributed by atoms with Crippen molar-refractivity contribution < 1.29 is 0 Å². The lowest BCUT2D eigenvalue weighted by molar-refractivity contribution is 0.443. The molecule has 1 aliphatic heterocycles. The second-order valence-corrected chi connectivity index (χ2v) is 4.69. The summed E-state index contributed by atoms with van der Waals surface area (Å²) in [7, 11) is 0. The fourth-order valence-electron chi connectivity index (χ4n) is 1.85. The zero-order chi connectivity index (χ0) is 8.65. The van der Waals surface area contributed by atoms with E-state index in [1.807, 2.05) is 11.8 Å². The molecule has 2 heteroatoms. The monoisotopic (exact) mass is 187 g/mol. The Morgan fingerprint density at radius 1 is 1.42 bits per heavy atom. The summed E-state index contributed by atoms with van der Waals surface area (Å²) in [5.41, 5.74) is 0. The molecule has 0 bridgehead atoms. The van der Waals surface area contributed by atoms with Gasteiger partial charge < -0.3 is 5.32 Å². The minimum Gasteiger partial charge on any atom is -0.316 e. The largest absolute Gasteiger partial charge is 0.316 e. The fraction of sp³-hybridized carbons (Fsp3) is 1.00. The zero-order valence-electron chi connectivity index (χ0n) is 8.14. The molecule has 1 saturated heterocycles. The van der Waals surface area contributed by atoms with Crippen molar-refractivity contribution in [3.63, 3.8) is 0 Å². The Balaban J connectivity index is 2.04.